The average molecular weight is 311 g/mol. The minimum atomic E-state index is -1.27. The maximum Gasteiger partial charge on any atom is 0.329 e. The van der Waals surface area contributed by atoms with Gasteiger partial charge in [0.25, 0.3) is 5.56 Å². The number of aliphatic carboxylic acids is 1. The highest BCUT2D eigenvalue weighted by Gasteiger charge is 2.29. The molecule has 1 aromatic carbocycles. The normalized spacial score (nSPS) is 11.8. The van der Waals surface area contributed by atoms with Crippen LogP contribution in [0.3, 0.4) is 0 Å². The van der Waals surface area contributed by atoms with E-state index in [4.69, 9.17) is 0 Å². The third-order valence-corrected chi connectivity index (χ3v) is 3.93. The fourth-order valence-electron chi connectivity index (χ4n) is 2.22. The molecule has 0 unspecified atom stereocenters. The van der Waals surface area contributed by atoms with Gasteiger partial charge in [-0.05, 0) is 43.0 Å². The highest BCUT2D eigenvalue weighted by Crippen LogP contribution is 2.14. The monoisotopic (exact) mass is 311 g/mol. The largest absolute Gasteiger partial charge is 0.480 e. The number of hydrogen-bond acceptors (Lipinski definition) is 2. The van der Waals surface area contributed by atoms with Crippen molar-refractivity contribution in [2.75, 3.05) is 0 Å². The van der Waals surface area contributed by atoms with Gasteiger partial charge >= 0.3 is 5.97 Å². The van der Waals surface area contributed by atoms with Gasteiger partial charge in [0, 0.05) is 12.3 Å². The molecule has 23 heavy (non-hydrogen) atoms. The minimum absolute atomic E-state index is 0.333. The standard InChI is InChI=1S/C19H21NO3/c1-4-14-5-7-15(8-6-14)9-10-16-11-12-20(17(21)13-16)19(2,3)18(22)23/h5-13H,4H2,1-3H3,(H,22,23)/b10-9+. The third-order valence-electron chi connectivity index (χ3n) is 3.93. The summed E-state index contributed by atoms with van der Waals surface area (Å²) in [6.45, 7) is 5.11. The van der Waals surface area contributed by atoms with E-state index in [0.29, 0.717) is 0 Å². The van der Waals surface area contributed by atoms with E-state index in [2.05, 4.69) is 19.1 Å². The van der Waals surface area contributed by atoms with Gasteiger partial charge < -0.3 is 5.11 Å². The molecule has 0 aliphatic carbocycles. The van der Waals surface area contributed by atoms with Crippen molar-refractivity contribution in [2.45, 2.75) is 32.7 Å². The number of hydrogen-bond donors (Lipinski definition) is 1. The Kier molecular flexibility index (Phi) is 4.84. The summed E-state index contributed by atoms with van der Waals surface area (Å²) in [5, 5.41) is 9.21. The van der Waals surface area contributed by atoms with Crippen LogP contribution in [-0.2, 0) is 16.8 Å². The first-order chi connectivity index (χ1) is 10.8. The van der Waals surface area contributed by atoms with E-state index in [1.807, 2.05) is 24.3 Å². The van der Waals surface area contributed by atoms with E-state index in [-0.39, 0.29) is 5.56 Å². The molecule has 0 radical (unpaired) electrons. The molecule has 0 spiro atoms. The molecule has 0 aliphatic rings. The highest BCUT2D eigenvalue weighted by molar-refractivity contribution is 5.75. The Labute approximate surface area is 135 Å². The van der Waals surface area contributed by atoms with Crippen molar-refractivity contribution in [2.24, 2.45) is 0 Å². The molecular formula is C19H21NO3. The summed E-state index contributed by atoms with van der Waals surface area (Å²) in [4.78, 5) is 23.4. The van der Waals surface area contributed by atoms with Gasteiger partial charge in [0.2, 0.25) is 0 Å². The van der Waals surface area contributed by atoms with Gasteiger partial charge in [-0.15, -0.1) is 0 Å². The van der Waals surface area contributed by atoms with Gasteiger partial charge in [0.15, 0.2) is 0 Å². The Morgan fingerprint density at radius 3 is 2.26 bits per heavy atom. The lowest BCUT2D eigenvalue weighted by atomic mass is 10.1. The first kappa shape index (κ1) is 16.7. The van der Waals surface area contributed by atoms with Crippen LogP contribution in [0.25, 0.3) is 12.2 Å². The number of aromatic nitrogens is 1. The lowest BCUT2D eigenvalue weighted by Gasteiger charge is -2.22. The molecule has 1 aromatic heterocycles. The van der Waals surface area contributed by atoms with Crippen LogP contribution < -0.4 is 5.56 Å². The van der Waals surface area contributed by atoms with Crippen LogP contribution in [0.4, 0.5) is 0 Å². The van der Waals surface area contributed by atoms with Gasteiger partial charge in [-0.3, -0.25) is 9.36 Å². The number of aryl methyl sites for hydroxylation is 1. The molecule has 0 bridgehead atoms. The zero-order valence-corrected chi connectivity index (χ0v) is 13.6. The van der Waals surface area contributed by atoms with Crippen molar-refractivity contribution in [3.63, 3.8) is 0 Å². The first-order valence-corrected chi connectivity index (χ1v) is 7.58. The summed E-state index contributed by atoms with van der Waals surface area (Å²) in [5.41, 5.74) is 1.47. The second-order valence-electron chi connectivity index (χ2n) is 5.96. The van der Waals surface area contributed by atoms with Gasteiger partial charge in [0.05, 0.1) is 0 Å². The molecule has 0 fully saturated rings. The molecule has 0 saturated heterocycles. The van der Waals surface area contributed by atoms with Crippen molar-refractivity contribution < 1.29 is 9.90 Å². The number of carbonyl (C=O) groups is 1. The fourth-order valence-corrected chi connectivity index (χ4v) is 2.22. The van der Waals surface area contributed by atoms with E-state index in [1.165, 1.54) is 36.2 Å². The van der Waals surface area contributed by atoms with E-state index in [9.17, 15) is 14.7 Å². The number of pyridine rings is 1. The molecule has 2 aromatic rings. The van der Waals surface area contributed by atoms with Gasteiger partial charge in [0.1, 0.15) is 5.54 Å². The molecule has 2 rings (SSSR count). The van der Waals surface area contributed by atoms with Crippen LogP contribution in [0.5, 0.6) is 0 Å². The third kappa shape index (κ3) is 3.77. The smallest absolute Gasteiger partial charge is 0.329 e. The molecule has 4 heteroatoms. The molecular weight excluding hydrogens is 290 g/mol. The molecule has 4 nitrogen and oxygen atoms in total. The molecule has 0 amide bonds. The predicted molar refractivity (Wildman–Crippen MR) is 92.4 cm³/mol. The van der Waals surface area contributed by atoms with E-state index >= 15 is 0 Å². The summed E-state index contributed by atoms with van der Waals surface area (Å²) in [6, 6.07) is 11.4. The zero-order chi connectivity index (χ0) is 17.0. The Morgan fingerprint density at radius 2 is 1.74 bits per heavy atom. The minimum Gasteiger partial charge on any atom is -0.480 e. The second kappa shape index (κ2) is 6.65. The van der Waals surface area contributed by atoms with Gasteiger partial charge in [-0.25, -0.2) is 4.79 Å². The van der Waals surface area contributed by atoms with Crippen LogP contribution in [0.2, 0.25) is 0 Å². The molecule has 120 valence electrons. The Morgan fingerprint density at radius 1 is 1.13 bits per heavy atom. The number of benzene rings is 1. The summed E-state index contributed by atoms with van der Waals surface area (Å²) < 4.78 is 1.22. The lowest BCUT2D eigenvalue weighted by Crippen LogP contribution is -2.42. The van der Waals surface area contributed by atoms with Crippen molar-refractivity contribution in [3.8, 4) is 0 Å². The van der Waals surface area contributed by atoms with Crippen molar-refractivity contribution in [1.82, 2.24) is 4.57 Å². The Hall–Kier alpha value is -2.62. The quantitative estimate of drug-likeness (QED) is 0.920. The van der Waals surface area contributed by atoms with Crippen LogP contribution >= 0.6 is 0 Å². The number of carboxylic acids is 1. The number of rotatable bonds is 5. The molecule has 1 N–H and O–H groups in total. The van der Waals surface area contributed by atoms with Crippen molar-refractivity contribution in [3.05, 3.63) is 69.6 Å². The average Bonchev–Trinajstić information content (AvgIpc) is 2.53. The highest BCUT2D eigenvalue weighted by atomic mass is 16.4. The molecule has 0 aliphatic heterocycles. The van der Waals surface area contributed by atoms with Crippen molar-refractivity contribution in [1.29, 1.82) is 0 Å². The van der Waals surface area contributed by atoms with Crippen LogP contribution in [0, 0.1) is 0 Å². The zero-order valence-electron chi connectivity index (χ0n) is 13.6. The van der Waals surface area contributed by atoms with Crippen molar-refractivity contribution >= 4 is 18.1 Å². The summed E-state index contributed by atoms with van der Waals surface area (Å²) >= 11 is 0. The summed E-state index contributed by atoms with van der Waals surface area (Å²) in [7, 11) is 0. The maximum absolute atomic E-state index is 12.2. The van der Waals surface area contributed by atoms with Crippen LogP contribution in [0.1, 0.15) is 37.5 Å². The second-order valence-corrected chi connectivity index (χ2v) is 5.96. The Balaban J connectivity index is 2.25. The SMILES string of the molecule is CCc1ccc(/C=C/c2ccn(C(C)(C)C(=O)O)c(=O)c2)cc1. The van der Waals surface area contributed by atoms with E-state index in [0.717, 1.165) is 17.5 Å². The number of nitrogens with zero attached hydrogens (tertiary/aromatic N) is 1. The van der Waals surface area contributed by atoms with Gasteiger partial charge in [-0.2, -0.15) is 0 Å². The van der Waals surface area contributed by atoms with E-state index < -0.39 is 11.5 Å². The lowest BCUT2D eigenvalue weighted by molar-refractivity contribution is -0.145. The predicted octanol–water partition coefficient (Wildman–Crippen LogP) is 3.40. The van der Waals surface area contributed by atoms with E-state index in [1.54, 1.807) is 6.07 Å². The topological polar surface area (TPSA) is 59.3 Å². The van der Waals surface area contributed by atoms with Crippen LogP contribution in [-0.4, -0.2) is 15.6 Å². The summed E-state index contributed by atoms with van der Waals surface area (Å²) in [6.07, 6.45) is 6.30. The molecule has 1 heterocycles. The maximum atomic E-state index is 12.2. The van der Waals surface area contributed by atoms with Crippen LogP contribution in [0.15, 0.2) is 47.4 Å². The van der Waals surface area contributed by atoms with Gasteiger partial charge in [-0.1, -0.05) is 43.3 Å². The summed E-state index contributed by atoms with van der Waals surface area (Å²) in [5.74, 6) is -1.04. The fraction of sp³-hybridized carbons (Fsp3) is 0.263. The first-order valence-electron chi connectivity index (χ1n) is 7.58. The Bertz CT molecular complexity index is 783. The molecule has 0 atom stereocenters. The molecule has 0 saturated carbocycles. The number of carboxylic acid groups (broad SMARTS) is 1.